The molecule has 0 spiro atoms. The van der Waals surface area contributed by atoms with Gasteiger partial charge in [0.2, 0.25) is 5.91 Å². The van der Waals surface area contributed by atoms with Crippen molar-refractivity contribution in [2.24, 2.45) is 0 Å². The third-order valence-corrected chi connectivity index (χ3v) is 4.19. The van der Waals surface area contributed by atoms with E-state index in [1.54, 1.807) is 0 Å². The van der Waals surface area contributed by atoms with Crippen molar-refractivity contribution >= 4 is 23.2 Å². The van der Waals surface area contributed by atoms with Crippen LogP contribution in [0.3, 0.4) is 0 Å². The molecule has 1 aromatic rings. The number of carbonyl (C=O) groups excluding carboxylic acids is 1. The van der Waals surface area contributed by atoms with Crippen LogP contribution in [0.5, 0.6) is 0 Å². The molecule has 1 heterocycles. The number of nitrogens with one attached hydrogen (secondary N) is 1. The molecule has 1 aliphatic heterocycles. The highest BCUT2D eigenvalue weighted by atomic mass is 35.5. The molecule has 1 aromatic carbocycles. The molecule has 5 heteroatoms. The predicted molar refractivity (Wildman–Crippen MR) is 81.3 cm³/mol. The molecule has 0 radical (unpaired) electrons. The molecular weight excluding hydrogens is 274 g/mol. The Morgan fingerprint density at radius 1 is 1.20 bits per heavy atom. The summed E-state index contributed by atoms with van der Waals surface area (Å²) in [5, 5.41) is 3.84. The van der Waals surface area contributed by atoms with Crippen molar-refractivity contribution in [3.8, 4) is 0 Å². The lowest BCUT2D eigenvalue weighted by atomic mass is 10.2. The molecule has 20 heavy (non-hydrogen) atoms. The van der Waals surface area contributed by atoms with Crippen LogP contribution >= 0.6 is 11.6 Å². The number of carbonyl (C=O) groups is 1. The number of hydrogen-bond acceptors (Lipinski definition) is 3. The van der Waals surface area contributed by atoms with Gasteiger partial charge in [-0.15, -0.1) is 0 Å². The summed E-state index contributed by atoms with van der Waals surface area (Å²) >= 11 is 6.22. The molecule has 0 unspecified atom stereocenters. The van der Waals surface area contributed by atoms with Gasteiger partial charge in [0.25, 0.3) is 0 Å². The lowest BCUT2D eigenvalue weighted by Gasteiger charge is -2.36. The SMILES string of the molecule is O=C(CN1CCN(c2ccccc2Cl)CC1)NC1CC1. The van der Waals surface area contributed by atoms with Gasteiger partial charge in [-0.2, -0.15) is 0 Å². The van der Waals surface area contributed by atoms with Gasteiger partial charge in [0.05, 0.1) is 17.3 Å². The second kappa shape index (κ2) is 6.02. The Labute approximate surface area is 124 Å². The van der Waals surface area contributed by atoms with Crippen LogP contribution in [0.2, 0.25) is 5.02 Å². The first-order chi connectivity index (χ1) is 9.72. The fourth-order valence-corrected chi connectivity index (χ4v) is 2.81. The highest BCUT2D eigenvalue weighted by Crippen LogP contribution is 2.26. The first kappa shape index (κ1) is 13.7. The van der Waals surface area contributed by atoms with Gasteiger partial charge in [-0.25, -0.2) is 0 Å². The smallest absolute Gasteiger partial charge is 0.234 e. The maximum atomic E-state index is 11.8. The predicted octanol–water partition coefficient (Wildman–Crippen LogP) is 1.74. The van der Waals surface area contributed by atoms with Crippen molar-refractivity contribution in [3.05, 3.63) is 29.3 Å². The number of benzene rings is 1. The van der Waals surface area contributed by atoms with Gasteiger partial charge in [-0.1, -0.05) is 23.7 Å². The summed E-state index contributed by atoms with van der Waals surface area (Å²) in [6.07, 6.45) is 2.29. The van der Waals surface area contributed by atoms with Crippen molar-refractivity contribution < 1.29 is 4.79 Å². The zero-order chi connectivity index (χ0) is 13.9. The molecule has 2 fully saturated rings. The van der Waals surface area contributed by atoms with Crippen LogP contribution in [-0.2, 0) is 4.79 Å². The van der Waals surface area contributed by atoms with E-state index in [-0.39, 0.29) is 5.91 Å². The molecular formula is C15H20ClN3O. The van der Waals surface area contributed by atoms with Crippen LogP contribution < -0.4 is 10.2 Å². The highest BCUT2D eigenvalue weighted by molar-refractivity contribution is 6.33. The first-order valence-corrected chi connectivity index (χ1v) is 7.61. The molecule has 1 saturated heterocycles. The average Bonchev–Trinajstić information content (AvgIpc) is 3.24. The quantitative estimate of drug-likeness (QED) is 0.918. The van der Waals surface area contributed by atoms with E-state index in [0.29, 0.717) is 12.6 Å². The van der Waals surface area contributed by atoms with E-state index in [2.05, 4.69) is 21.2 Å². The molecule has 1 aliphatic carbocycles. The van der Waals surface area contributed by atoms with Crippen LogP contribution in [0.25, 0.3) is 0 Å². The molecule has 2 aliphatic rings. The Hall–Kier alpha value is -1.26. The standard InChI is InChI=1S/C15H20ClN3O/c16-13-3-1-2-4-14(13)19-9-7-18(8-10-19)11-15(20)17-12-5-6-12/h1-4,12H,5-11H2,(H,17,20). The molecule has 1 N–H and O–H groups in total. The second-order valence-corrected chi connectivity index (χ2v) is 5.96. The summed E-state index contributed by atoms with van der Waals surface area (Å²) in [6, 6.07) is 8.39. The third kappa shape index (κ3) is 3.44. The Morgan fingerprint density at radius 2 is 1.90 bits per heavy atom. The molecule has 4 nitrogen and oxygen atoms in total. The lowest BCUT2D eigenvalue weighted by molar-refractivity contribution is -0.122. The van der Waals surface area contributed by atoms with Crippen molar-refractivity contribution in [2.75, 3.05) is 37.6 Å². The Morgan fingerprint density at radius 3 is 2.55 bits per heavy atom. The van der Waals surface area contributed by atoms with Gasteiger partial charge < -0.3 is 10.2 Å². The molecule has 0 atom stereocenters. The normalized spacial score (nSPS) is 19.9. The largest absolute Gasteiger partial charge is 0.368 e. The van der Waals surface area contributed by atoms with E-state index in [9.17, 15) is 4.79 Å². The number of rotatable bonds is 4. The second-order valence-electron chi connectivity index (χ2n) is 5.56. The van der Waals surface area contributed by atoms with E-state index in [4.69, 9.17) is 11.6 Å². The van der Waals surface area contributed by atoms with E-state index >= 15 is 0 Å². The summed E-state index contributed by atoms with van der Waals surface area (Å²) in [7, 11) is 0. The first-order valence-electron chi connectivity index (χ1n) is 7.23. The van der Waals surface area contributed by atoms with Crippen LogP contribution in [-0.4, -0.2) is 49.6 Å². The molecule has 0 aromatic heterocycles. The van der Waals surface area contributed by atoms with Gasteiger partial charge >= 0.3 is 0 Å². The fraction of sp³-hybridized carbons (Fsp3) is 0.533. The molecule has 0 bridgehead atoms. The minimum Gasteiger partial charge on any atom is -0.368 e. The molecule has 1 saturated carbocycles. The number of halogens is 1. The summed E-state index contributed by atoms with van der Waals surface area (Å²) in [4.78, 5) is 16.3. The fourth-order valence-electron chi connectivity index (χ4n) is 2.56. The topological polar surface area (TPSA) is 35.6 Å². The molecule has 3 rings (SSSR count). The monoisotopic (exact) mass is 293 g/mol. The van der Waals surface area contributed by atoms with Gasteiger partial charge in [0, 0.05) is 32.2 Å². The van der Waals surface area contributed by atoms with E-state index in [0.717, 1.165) is 49.7 Å². The van der Waals surface area contributed by atoms with Crippen LogP contribution in [0.4, 0.5) is 5.69 Å². The number of amides is 1. The summed E-state index contributed by atoms with van der Waals surface area (Å²) in [5.74, 6) is 0.165. The third-order valence-electron chi connectivity index (χ3n) is 3.88. The number of nitrogens with zero attached hydrogens (tertiary/aromatic N) is 2. The van der Waals surface area contributed by atoms with E-state index in [1.165, 1.54) is 0 Å². The maximum absolute atomic E-state index is 11.8. The van der Waals surface area contributed by atoms with Crippen LogP contribution in [0, 0.1) is 0 Å². The zero-order valence-corrected chi connectivity index (χ0v) is 12.3. The van der Waals surface area contributed by atoms with Gasteiger partial charge in [0.15, 0.2) is 0 Å². The summed E-state index contributed by atoms with van der Waals surface area (Å²) < 4.78 is 0. The molecule has 108 valence electrons. The molecule has 1 amide bonds. The van der Waals surface area contributed by atoms with Gasteiger partial charge in [-0.3, -0.25) is 9.69 Å². The average molecular weight is 294 g/mol. The Balaban J connectivity index is 1.49. The minimum absolute atomic E-state index is 0.165. The van der Waals surface area contributed by atoms with Crippen molar-refractivity contribution in [2.45, 2.75) is 18.9 Å². The number of anilines is 1. The van der Waals surface area contributed by atoms with Gasteiger partial charge in [-0.05, 0) is 25.0 Å². The van der Waals surface area contributed by atoms with E-state index < -0.39 is 0 Å². The minimum atomic E-state index is 0.165. The van der Waals surface area contributed by atoms with Crippen LogP contribution in [0.15, 0.2) is 24.3 Å². The maximum Gasteiger partial charge on any atom is 0.234 e. The Bertz CT molecular complexity index is 482. The van der Waals surface area contributed by atoms with E-state index in [1.807, 2.05) is 18.2 Å². The lowest BCUT2D eigenvalue weighted by Crippen LogP contribution is -2.49. The number of para-hydroxylation sites is 1. The highest BCUT2D eigenvalue weighted by Gasteiger charge is 2.25. The number of hydrogen-bond donors (Lipinski definition) is 1. The van der Waals surface area contributed by atoms with Crippen molar-refractivity contribution in [1.29, 1.82) is 0 Å². The Kier molecular flexibility index (Phi) is 4.13. The van der Waals surface area contributed by atoms with Crippen molar-refractivity contribution in [3.63, 3.8) is 0 Å². The summed E-state index contributed by atoms with van der Waals surface area (Å²) in [6.45, 7) is 4.17. The zero-order valence-electron chi connectivity index (χ0n) is 11.5. The van der Waals surface area contributed by atoms with Crippen molar-refractivity contribution in [1.82, 2.24) is 10.2 Å². The number of piperazine rings is 1. The van der Waals surface area contributed by atoms with Gasteiger partial charge in [0.1, 0.15) is 0 Å². The van der Waals surface area contributed by atoms with Crippen LogP contribution in [0.1, 0.15) is 12.8 Å². The summed E-state index contributed by atoms with van der Waals surface area (Å²) in [5.41, 5.74) is 1.09.